The van der Waals surface area contributed by atoms with E-state index in [4.69, 9.17) is 49.4 Å². The molecule has 3 aliphatic heterocycles. The van der Waals surface area contributed by atoms with Crippen molar-refractivity contribution in [2.45, 2.75) is 128 Å². The number of methoxy groups -OCH3 is 2. The van der Waals surface area contributed by atoms with Gasteiger partial charge in [-0.05, 0) is 65.5 Å². The third-order valence-corrected chi connectivity index (χ3v) is 14.1. The average Bonchev–Trinajstić information content (AvgIpc) is 4.21. The molecule has 0 spiro atoms. The van der Waals surface area contributed by atoms with Crippen LogP contribution in [0, 0.1) is 17.8 Å². The van der Waals surface area contributed by atoms with Crippen LogP contribution >= 0.6 is 0 Å². The molecule has 0 bridgehead atoms. The van der Waals surface area contributed by atoms with Crippen molar-refractivity contribution < 1.29 is 57.7 Å². The van der Waals surface area contributed by atoms with Crippen molar-refractivity contribution in [3.05, 3.63) is 131 Å². The van der Waals surface area contributed by atoms with Crippen LogP contribution in [0.15, 0.2) is 97.1 Å². The van der Waals surface area contributed by atoms with Crippen molar-refractivity contribution in [2.24, 2.45) is 17.8 Å². The molecule has 20 heteroatoms. The molecule has 78 heavy (non-hydrogen) atoms. The Morgan fingerprint density at radius 1 is 0.628 bits per heavy atom. The Bertz CT molecular complexity index is 2400. The topological polar surface area (TPSA) is 227 Å². The molecule has 3 heterocycles. The van der Waals surface area contributed by atoms with Crippen LogP contribution in [0.25, 0.3) is 11.5 Å². The molecule has 6 N–H and O–H groups in total. The van der Waals surface area contributed by atoms with Gasteiger partial charge in [0.2, 0.25) is 0 Å². The van der Waals surface area contributed by atoms with Gasteiger partial charge in [-0.3, -0.25) is 9.80 Å². The number of nitrogens with one attached hydrogen (secondary N) is 4. The number of benzene rings is 4. The molecule has 4 aromatic carbocycles. The van der Waals surface area contributed by atoms with Crippen LogP contribution in [0.5, 0.6) is 11.5 Å². The minimum Gasteiger partial charge on any atom is -0.696 e. The van der Waals surface area contributed by atoms with E-state index in [2.05, 4.69) is 48.1 Å². The van der Waals surface area contributed by atoms with E-state index in [1.165, 1.54) is 0 Å². The molecule has 4 fully saturated rings. The first-order valence-electron chi connectivity index (χ1n) is 26.7. The Labute approximate surface area is 448 Å². The van der Waals surface area contributed by atoms with E-state index in [1.807, 2.05) is 84.9 Å². The van der Waals surface area contributed by atoms with Gasteiger partial charge in [0, 0.05) is 52.1 Å². The summed E-state index contributed by atoms with van der Waals surface area (Å²) in [4.78, 5) is 30.2. The summed E-state index contributed by atoms with van der Waals surface area (Å²) in [5, 5.41) is 28.7. The van der Waals surface area contributed by atoms with Crippen LogP contribution in [-0.4, -0.2) is 148 Å². The van der Waals surface area contributed by atoms with Crippen molar-refractivity contribution in [2.75, 3.05) is 60.4 Å². The second-order valence-corrected chi connectivity index (χ2v) is 21.3. The Morgan fingerprint density at radius 2 is 1.09 bits per heavy atom. The zero-order chi connectivity index (χ0) is 54.1. The second kappa shape index (κ2) is 29.7. The number of rotatable bonds is 24. The predicted octanol–water partition coefficient (Wildman–Crippen LogP) is 8.74. The number of alkyl carbamates (subject to hydrolysis) is 2. The fourth-order valence-corrected chi connectivity index (χ4v) is 10.5. The van der Waals surface area contributed by atoms with Crippen molar-refractivity contribution in [3.63, 3.8) is 0 Å². The Hall–Kier alpha value is -7.70. The molecule has 1 unspecified atom stereocenters. The van der Waals surface area contributed by atoms with Crippen LogP contribution in [0.4, 0.5) is 21.0 Å². The van der Waals surface area contributed by atoms with Crippen molar-refractivity contribution in [1.29, 1.82) is 0 Å². The van der Waals surface area contributed by atoms with Crippen LogP contribution in [0.1, 0.15) is 69.2 Å². The summed E-state index contributed by atoms with van der Waals surface area (Å²) < 4.78 is 44.3. The van der Waals surface area contributed by atoms with E-state index in [0.29, 0.717) is 107 Å². The monoisotopic (exact) mass is 1590 g/mol. The summed E-state index contributed by atoms with van der Waals surface area (Å²) in [5.41, 5.74) is 20.6. The molecule has 1 aliphatic carbocycles. The molecule has 18 nitrogen and oxygen atoms in total. The van der Waals surface area contributed by atoms with Gasteiger partial charge in [-0.25, -0.2) is 9.59 Å². The summed E-state index contributed by atoms with van der Waals surface area (Å²) in [7, 11) is 3.12. The SMILES string of the molecule is COc1cc(CN(CC(C)C)C[C@@H](O)[C@H](Cc2ccccc2)NC(=O)OC2C[C@@H]3OCO[C@@H]3C2)ccc1[NH-].COc1cc(CN(CC(C)C)C[C@@H](O)[C@H](Cc2ccccc2)NC(=O)O[C@H]2CO[C@H]3OCC[C@H]32)ccc1[NH-].[Rf].[Rf]. The number of aliphatic hydroxyl groups is 2. The number of hydrogen-bond acceptors (Lipinski definition) is 14. The van der Waals surface area contributed by atoms with Crippen molar-refractivity contribution >= 4 is 23.6 Å². The molecule has 8 rings (SSSR count). The van der Waals surface area contributed by atoms with Crippen LogP contribution in [-0.2, 0) is 54.4 Å². The predicted molar refractivity (Wildman–Crippen MR) is 289 cm³/mol. The average molecular weight is 1590 g/mol. The fraction of sp³-hybridized carbons (Fsp3) is 0.552. The Morgan fingerprint density at radius 3 is 1.54 bits per heavy atom. The first-order valence-corrected chi connectivity index (χ1v) is 26.7. The number of amides is 2. The summed E-state index contributed by atoms with van der Waals surface area (Å²) in [6.45, 7) is 13.1. The van der Waals surface area contributed by atoms with Gasteiger partial charge in [-0.15, -0.1) is 0 Å². The van der Waals surface area contributed by atoms with E-state index in [9.17, 15) is 19.8 Å². The van der Waals surface area contributed by atoms with Gasteiger partial charge in [0.1, 0.15) is 30.5 Å². The number of aliphatic hydroxyl groups excluding tert-OH is 2. The maximum Gasteiger partial charge on any atom is 0.407 e. The van der Waals surface area contributed by atoms with Crippen LogP contribution in [0.2, 0.25) is 0 Å². The van der Waals surface area contributed by atoms with E-state index in [1.54, 1.807) is 26.4 Å². The number of carbonyl (C=O) groups is 2. The van der Waals surface area contributed by atoms with E-state index < -0.39 is 36.5 Å². The van der Waals surface area contributed by atoms with E-state index in [-0.39, 0.29) is 36.6 Å². The molecule has 0 aromatic heterocycles. The first kappa shape index (κ1) is 61.2. The minimum atomic E-state index is -0.846. The molecule has 2 amide bonds. The molecule has 3 saturated heterocycles. The summed E-state index contributed by atoms with van der Waals surface area (Å²) >= 11 is 0. The quantitative estimate of drug-likeness (QED) is 0.0515. The number of fused-ring (bicyclic) bond motifs is 2. The second-order valence-electron chi connectivity index (χ2n) is 21.3. The molecule has 0 radical (unpaired) electrons. The number of carbonyl (C=O) groups excluding carboxylic acids is 2. The maximum absolute atomic E-state index is 13.0. The molecule has 10 atom stereocenters. The number of hydrogen-bond donors (Lipinski definition) is 4. The van der Waals surface area contributed by atoms with Gasteiger partial charge in [0.15, 0.2) is 6.29 Å². The molecular formula is C58H80N6O12Rf2-2. The van der Waals surface area contributed by atoms with Crippen LogP contribution < -0.4 is 20.1 Å². The third kappa shape index (κ3) is 17.9. The maximum atomic E-state index is 13.0. The number of ether oxygens (including phenoxy) is 8. The van der Waals surface area contributed by atoms with Gasteiger partial charge in [0.25, 0.3) is 0 Å². The molecular weight excluding hydrogens is 1510 g/mol. The van der Waals surface area contributed by atoms with Gasteiger partial charge < -0.3 is 70.2 Å². The van der Waals surface area contributed by atoms with Gasteiger partial charge in [-0.2, -0.15) is 0 Å². The first-order chi connectivity index (χ1) is 36.6. The normalized spacial score (nSPS) is 21.7. The summed E-state index contributed by atoms with van der Waals surface area (Å²) in [6, 6.07) is 29.5. The van der Waals surface area contributed by atoms with E-state index >= 15 is 0 Å². The zero-order valence-corrected chi connectivity index (χ0v) is 59.1. The molecule has 1 saturated carbocycles. The summed E-state index contributed by atoms with van der Waals surface area (Å²) in [6.07, 6.45) is -0.790. The Kier molecular flexibility index (Phi) is 23.3. The molecule has 4 aromatic rings. The zero-order valence-electron chi connectivity index (χ0n) is 46.4. The smallest absolute Gasteiger partial charge is 0.407 e. The van der Waals surface area contributed by atoms with Gasteiger partial charge in [-0.1, -0.05) is 124 Å². The van der Waals surface area contributed by atoms with Crippen molar-refractivity contribution in [3.8, 4) is 11.5 Å². The standard InChI is InChI=1S/2C29H40N3O6.2Rf/c1-19(2)15-32(16-21-9-10-23(30)26(12-21)35-3)17-25(33)24(11-20-7-5-4-6-8-20)31-29(34)38-22-13-27-28(14-22)37-18-36-27;1-19(2)15-32(16-21-9-10-23(30)26(14-21)35-3)17-25(33)24(13-20-7-5-4-6-8-20)31-29(34)38-27-18-37-28-22(27)11-12-36-28;;/h4-10,12,19,22,24-25,27-28,30,33H,11,13-18H2,1-3H3,(H,31,34);4-10,14,19,22,24-25,27-28,30,33H,11-13,15-18H2,1-3H3,(H,31,34);;/q2*-1;;/t22?,24-,25+,27-,28+;22-,24-,25+,27-,28+;;/m00../s1. The molecule has 420 valence electrons. The van der Waals surface area contributed by atoms with Gasteiger partial charge >= 0.3 is 12.2 Å². The van der Waals surface area contributed by atoms with Crippen LogP contribution in [0.3, 0.4) is 0 Å². The van der Waals surface area contributed by atoms with Gasteiger partial charge in [0.05, 0.1) is 69.9 Å². The summed E-state index contributed by atoms with van der Waals surface area (Å²) in [5.74, 6) is 1.83. The molecule has 4 aliphatic rings. The largest absolute Gasteiger partial charge is 0.696 e. The number of nitrogens with zero attached hydrogens (tertiary/aromatic N) is 2. The minimum absolute atomic E-state index is 0. The Balaban J connectivity index is 0.000000280. The third-order valence-electron chi connectivity index (χ3n) is 14.1. The van der Waals surface area contributed by atoms with E-state index in [0.717, 1.165) is 41.8 Å². The fourth-order valence-electron chi connectivity index (χ4n) is 10.5. The van der Waals surface area contributed by atoms with Crippen molar-refractivity contribution in [1.82, 2.24) is 20.4 Å².